The Morgan fingerprint density at radius 3 is 2.03 bits per heavy atom. The number of likely N-dealkylation sites (tertiary alicyclic amines) is 1. The van der Waals surface area contributed by atoms with E-state index in [0.29, 0.717) is 64.8 Å². The second-order valence-electron chi connectivity index (χ2n) is 19.1. The fourth-order valence-electron chi connectivity index (χ4n) is 9.81. The summed E-state index contributed by atoms with van der Waals surface area (Å²) in [5.74, 6) is 0.758. The highest BCUT2D eigenvalue weighted by Gasteiger charge is 2.43. The normalized spacial score (nSPS) is 17.5. The summed E-state index contributed by atoms with van der Waals surface area (Å²) in [6.07, 6.45) is 3.51. The number of anilines is 3. The predicted molar refractivity (Wildman–Crippen MR) is 282 cm³/mol. The zero-order chi connectivity index (χ0) is 51.7. The molecule has 5 amide bonds. The standard InChI is InChI=1S/C55H54N6O11S2/c1-55(2,74-73-20-10-15-39(62)29-59-50(63)18-19-51(59)64)32-72-54(67)58-28-38-22-34-12-6-8-17-44(34)61(38)53(66)41-24-47(69-4)49(26-45(41)58)71-31-36-14-9-13-35(57-36)30-70-48-25-42-40(23-46(48)68-3)52(65)60-37(27-56-42)21-33-11-5-7-16-43(33)60/h5-9,11-14,16-17,23-27,37-38H,10,15,18-22,28-32H2,1-4H3/t37-,38-/m0/s1. The maximum atomic E-state index is 14.6. The molecule has 5 aromatic rings. The van der Waals surface area contributed by atoms with Crippen LogP contribution in [0.4, 0.5) is 27.5 Å². The largest absolute Gasteiger partial charge is 0.493 e. The Hall–Kier alpha value is -7.38. The fraction of sp³-hybridized carbons (Fsp3) is 0.345. The Morgan fingerprint density at radius 2 is 1.34 bits per heavy atom. The van der Waals surface area contributed by atoms with E-state index < -0.39 is 10.8 Å². The van der Waals surface area contributed by atoms with Crippen LogP contribution in [0.25, 0.3) is 0 Å². The molecule has 0 unspecified atom stereocenters. The maximum absolute atomic E-state index is 14.6. The highest BCUT2D eigenvalue weighted by atomic mass is 33.1. The number of aliphatic imine (C=N–C) groups is 1. The second kappa shape index (κ2) is 21.2. The molecule has 1 fully saturated rings. The first-order chi connectivity index (χ1) is 35.8. The number of ketones is 1. The summed E-state index contributed by atoms with van der Waals surface area (Å²) in [7, 11) is 6.08. The van der Waals surface area contributed by atoms with Gasteiger partial charge in [-0.3, -0.25) is 48.6 Å². The number of methoxy groups -OCH3 is 2. The fourth-order valence-corrected chi connectivity index (χ4v) is 12.3. The van der Waals surface area contributed by atoms with Crippen molar-refractivity contribution in [2.24, 2.45) is 4.99 Å². The maximum Gasteiger partial charge on any atom is 0.414 e. The quantitative estimate of drug-likeness (QED) is 0.0461. The van der Waals surface area contributed by atoms with Gasteiger partial charge < -0.3 is 28.6 Å². The Morgan fingerprint density at radius 1 is 0.716 bits per heavy atom. The van der Waals surface area contributed by atoms with Crippen molar-refractivity contribution in [2.75, 3.05) is 54.4 Å². The van der Waals surface area contributed by atoms with Crippen LogP contribution in [-0.4, -0.2) is 108 Å². The third-order valence-electron chi connectivity index (χ3n) is 13.5. The summed E-state index contributed by atoms with van der Waals surface area (Å²) >= 11 is 0. The van der Waals surface area contributed by atoms with E-state index in [2.05, 4.69) is 0 Å². The molecule has 2 atom stereocenters. The number of para-hydroxylation sites is 2. The van der Waals surface area contributed by atoms with E-state index in [1.807, 2.05) is 86.8 Å². The summed E-state index contributed by atoms with van der Waals surface area (Å²) in [6, 6.07) is 27.1. The third kappa shape index (κ3) is 10.3. The number of fused-ring (bicyclic) bond motifs is 8. The number of nitrogens with zero attached hydrogens (tertiary/aromatic N) is 6. The highest BCUT2D eigenvalue weighted by Crippen LogP contribution is 2.45. The molecule has 382 valence electrons. The first kappa shape index (κ1) is 50.2. The lowest BCUT2D eigenvalue weighted by Crippen LogP contribution is -2.44. The Bertz CT molecular complexity index is 3090. The Balaban J connectivity index is 0.815. The molecule has 0 radical (unpaired) electrons. The number of ether oxygens (including phenoxy) is 5. The van der Waals surface area contributed by atoms with Crippen molar-refractivity contribution in [3.8, 4) is 23.0 Å². The molecule has 5 aliphatic rings. The number of pyridine rings is 1. The molecular formula is C55H54N6O11S2. The van der Waals surface area contributed by atoms with Crippen LogP contribution in [-0.2, 0) is 45.2 Å². The van der Waals surface area contributed by atoms with E-state index >= 15 is 0 Å². The summed E-state index contributed by atoms with van der Waals surface area (Å²) in [5, 5.41) is 0. The smallest absolute Gasteiger partial charge is 0.414 e. The number of aromatic nitrogens is 1. The zero-order valence-electron chi connectivity index (χ0n) is 41.4. The number of benzene rings is 4. The number of carbonyl (C=O) groups is 6. The van der Waals surface area contributed by atoms with E-state index in [1.165, 1.54) is 29.9 Å². The van der Waals surface area contributed by atoms with Crippen LogP contribution in [0, 0.1) is 0 Å². The minimum atomic E-state index is -0.631. The summed E-state index contributed by atoms with van der Waals surface area (Å²) in [5.41, 5.74) is 6.35. The van der Waals surface area contributed by atoms with Gasteiger partial charge >= 0.3 is 6.09 Å². The van der Waals surface area contributed by atoms with Crippen LogP contribution in [0.5, 0.6) is 23.0 Å². The first-order valence-corrected chi connectivity index (χ1v) is 26.7. The van der Waals surface area contributed by atoms with E-state index in [4.69, 9.17) is 33.7 Å². The van der Waals surface area contributed by atoms with Gasteiger partial charge in [-0.1, -0.05) is 64.1 Å². The van der Waals surface area contributed by atoms with Crippen molar-refractivity contribution < 1.29 is 52.5 Å². The Kier molecular flexibility index (Phi) is 14.4. The lowest BCUT2D eigenvalue weighted by molar-refractivity contribution is -0.141. The number of rotatable bonds is 18. The topological polar surface area (TPSA) is 187 Å². The number of imide groups is 1. The van der Waals surface area contributed by atoms with Gasteiger partial charge in [0.05, 0.1) is 78.0 Å². The van der Waals surface area contributed by atoms with Crippen LogP contribution in [0.2, 0.25) is 0 Å². The molecule has 0 aliphatic carbocycles. The van der Waals surface area contributed by atoms with Gasteiger partial charge in [-0.15, -0.1) is 0 Å². The molecule has 1 saturated heterocycles. The number of carbonyl (C=O) groups excluding carboxylic acids is 6. The lowest BCUT2D eigenvalue weighted by atomic mass is 10.1. The third-order valence-corrected chi connectivity index (χ3v) is 16.8. The molecule has 74 heavy (non-hydrogen) atoms. The molecule has 5 aliphatic heterocycles. The molecule has 0 bridgehead atoms. The van der Waals surface area contributed by atoms with Crippen LogP contribution < -0.4 is 33.6 Å². The molecular weight excluding hydrogens is 985 g/mol. The SMILES string of the molecule is COc1cc2c(cc1OCc1cccc(COc3cc4c(cc3OC)C(=O)N3c5ccccc5C[C@H]3CN4C(=O)OCC(C)(C)SSCCCC(=O)CN3C(=O)CCC3=O)n1)N=C[C@@H]1Cc3ccccc3N1C2=O. The predicted octanol–water partition coefficient (Wildman–Crippen LogP) is 8.73. The van der Waals surface area contributed by atoms with Crippen molar-refractivity contribution in [1.29, 1.82) is 0 Å². The summed E-state index contributed by atoms with van der Waals surface area (Å²) in [4.78, 5) is 94.9. The number of hydrogen-bond donors (Lipinski definition) is 0. The summed E-state index contributed by atoms with van der Waals surface area (Å²) < 4.78 is 29.7. The van der Waals surface area contributed by atoms with Crippen molar-refractivity contribution in [1.82, 2.24) is 9.88 Å². The van der Waals surface area contributed by atoms with Gasteiger partial charge in [0.25, 0.3) is 11.8 Å². The number of Topliss-reactive ketones (excluding diaryl/α,β-unsaturated/α-hetero) is 1. The van der Waals surface area contributed by atoms with Crippen molar-refractivity contribution in [3.63, 3.8) is 0 Å². The van der Waals surface area contributed by atoms with Gasteiger partial charge in [0, 0.05) is 61.2 Å². The van der Waals surface area contributed by atoms with E-state index in [9.17, 15) is 28.8 Å². The van der Waals surface area contributed by atoms with Crippen molar-refractivity contribution in [3.05, 3.63) is 125 Å². The molecule has 10 rings (SSSR count). The minimum absolute atomic E-state index is 0.00166. The molecule has 0 spiro atoms. The van der Waals surface area contributed by atoms with Crippen LogP contribution in [0.1, 0.15) is 82.8 Å². The van der Waals surface area contributed by atoms with Crippen molar-refractivity contribution >= 4 is 86.1 Å². The number of hydrogen-bond acceptors (Lipinski definition) is 15. The average Bonchev–Trinajstić information content (AvgIpc) is 4.02. The van der Waals surface area contributed by atoms with Gasteiger partial charge in [-0.25, -0.2) is 4.79 Å². The van der Waals surface area contributed by atoms with E-state index in [1.54, 1.807) is 44.9 Å². The molecule has 1 aromatic heterocycles. The van der Waals surface area contributed by atoms with Gasteiger partial charge in [0.1, 0.15) is 19.8 Å². The minimum Gasteiger partial charge on any atom is -0.493 e. The van der Waals surface area contributed by atoms with E-state index in [0.717, 1.165) is 27.4 Å². The molecule has 6 heterocycles. The van der Waals surface area contributed by atoms with Gasteiger partial charge in [0.2, 0.25) is 11.8 Å². The van der Waals surface area contributed by atoms with E-state index in [-0.39, 0.29) is 111 Å². The van der Waals surface area contributed by atoms with Crippen LogP contribution in [0.3, 0.4) is 0 Å². The van der Waals surface area contributed by atoms with Crippen molar-refractivity contribution in [2.45, 2.75) is 82.4 Å². The average molecular weight is 1040 g/mol. The summed E-state index contributed by atoms with van der Waals surface area (Å²) in [6.45, 7) is 4.00. The monoisotopic (exact) mass is 1040 g/mol. The second-order valence-corrected chi connectivity index (χ2v) is 22.2. The number of amides is 5. The molecule has 4 aromatic carbocycles. The molecule has 0 saturated carbocycles. The molecule has 17 nitrogen and oxygen atoms in total. The van der Waals surface area contributed by atoms with Gasteiger partial charge in [-0.2, -0.15) is 0 Å². The molecule has 0 N–H and O–H groups in total. The zero-order valence-corrected chi connectivity index (χ0v) is 43.0. The van der Waals surface area contributed by atoms with Gasteiger partial charge in [0.15, 0.2) is 28.8 Å². The first-order valence-electron chi connectivity index (χ1n) is 24.4. The highest BCUT2D eigenvalue weighted by molar-refractivity contribution is 8.77. The lowest BCUT2D eigenvalue weighted by Gasteiger charge is -2.28. The molecule has 19 heteroatoms. The Labute approximate surface area is 435 Å². The van der Waals surface area contributed by atoms with Crippen LogP contribution >= 0.6 is 21.6 Å². The van der Waals surface area contributed by atoms with Gasteiger partial charge in [-0.05, 0) is 74.2 Å². The van der Waals surface area contributed by atoms with Crippen LogP contribution in [0.15, 0.2) is 96.0 Å².